The number of amides is 6. The predicted octanol–water partition coefficient (Wildman–Crippen LogP) is 6.84. The lowest BCUT2D eigenvalue weighted by atomic mass is 9.83. The smallest absolute Gasteiger partial charge is 0.288 e. The van der Waals surface area contributed by atoms with Crippen LogP contribution >= 0.6 is 0 Å². The van der Waals surface area contributed by atoms with Gasteiger partial charge >= 0.3 is 0 Å². The second-order valence-electron chi connectivity index (χ2n) is 19.2. The largest absolute Gasteiger partial charge is 0.507 e. The van der Waals surface area contributed by atoms with Crippen molar-refractivity contribution in [3.63, 3.8) is 0 Å². The fourth-order valence-corrected chi connectivity index (χ4v) is 19.8. The Bertz CT molecular complexity index is 2240. The number of carbonyl (C=O) groups excluding carboxylic acids is 7. The number of anilines is 1. The summed E-state index contributed by atoms with van der Waals surface area (Å²) in [7, 11) is -8.25. The van der Waals surface area contributed by atoms with Crippen LogP contribution in [0.25, 0.3) is 11.1 Å². The first kappa shape index (κ1) is 57.6. The summed E-state index contributed by atoms with van der Waals surface area (Å²) in [6, 6.07) is 10.8. The molecule has 8 N–H and O–H groups in total. The van der Waals surface area contributed by atoms with Crippen LogP contribution in [0.5, 0.6) is 5.75 Å². The third kappa shape index (κ3) is 11.7. The minimum atomic E-state index is -2.97. The van der Waals surface area contributed by atoms with Gasteiger partial charge in [-0.05, 0) is 60.4 Å². The van der Waals surface area contributed by atoms with Crippen molar-refractivity contribution in [2.24, 2.45) is 11.7 Å². The molecule has 386 valence electrons. The molecular weight excluding hydrogens is 941 g/mol. The molecule has 2 heterocycles. The van der Waals surface area contributed by atoms with Gasteiger partial charge in [0.15, 0.2) is 22.2 Å². The van der Waals surface area contributed by atoms with Gasteiger partial charge in [-0.15, -0.1) is 6.58 Å². The van der Waals surface area contributed by atoms with E-state index in [-0.39, 0.29) is 17.7 Å². The summed E-state index contributed by atoms with van der Waals surface area (Å²) >= 11 is 0. The standard InChI is InChI=1S/C51H80N6O10Si3/c1-13-32(12)44(60)49(64)54-37-30-33-27-28-39(58)35(29-33)34-25-24-26-36-42(34)57-50(65)51(36,67-70(21-9,22-10)23-11)45(66-69(18-6,19-7)20-8)43(56-47(62)38(31-40(52)59)53-46(37)61)48(63)55-41(14-2)68(15-3,16-4)17-5/h14,24-29,32,37-38,41,43,45,58H,2,13,15-23,30-31H2,1,3-12H3,(H2,52,59)(H,53,61)(H,54,64)(H,55,63)(H,56,62)(H,57,65)/t32-,37+,38+,41?,43-,45-,51+/m1/s1. The van der Waals surface area contributed by atoms with E-state index >= 15 is 14.4 Å². The van der Waals surface area contributed by atoms with Crippen LogP contribution in [0.15, 0.2) is 49.1 Å². The lowest BCUT2D eigenvalue weighted by Crippen LogP contribution is -2.70. The highest BCUT2D eigenvalue weighted by Gasteiger charge is 2.63. The van der Waals surface area contributed by atoms with E-state index in [0.29, 0.717) is 65.1 Å². The normalized spacial score (nSPS) is 21.7. The molecule has 19 heteroatoms. The molecule has 2 aliphatic heterocycles. The molecule has 6 amide bonds. The van der Waals surface area contributed by atoms with Crippen molar-refractivity contribution < 1.29 is 47.5 Å². The summed E-state index contributed by atoms with van der Waals surface area (Å²) in [5.74, 6) is -6.82. The van der Waals surface area contributed by atoms with Crippen molar-refractivity contribution in [3.05, 3.63) is 60.2 Å². The number of primary amides is 1. The number of benzene rings is 2. The van der Waals surface area contributed by atoms with Gasteiger partial charge in [0.25, 0.3) is 11.8 Å². The van der Waals surface area contributed by atoms with Gasteiger partial charge in [-0.1, -0.05) is 125 Å². The summed E-state index contributed by atoms with van der Waals surface area (Å²) in [6.45, 7) is 25.9. The van der Waals surface area contributed by atoms with E-state index in [9.17, 15) is 24.3 Å². The van der Waals surface area contributed by atoms with E-state index in [0.717, 1.165) is 18.1 Å². The maximum Gasteiger partial charge on any atom is 0.288 e. The highest BCUT2D eigenvalue weighted by atomic mass is 28.4. The molecule has 0 spiro atoms. The average Bonchev–Trinajstić information content (AvgIpc) is 3.65. The zero-order valence-corrected chi connectivity index (χ0v) is 46.4. The van der Waals surface area contributed by atoms with Crippen molar-refractivity contribution in [2.75, 3.05) is 5.32 Å². The van der Waals surface area contributed by atoms with Crippen molar-refractivity contribution >= 4 is 71.6 Å². The fraction of sp³-hybridized carbons (Fsp3) is 0.588. The molecule has 0 saturated heterocycles. The van der Waals surface area contributed by atoms with E-state index in [1.807, 2.05) is 41.5 Å². The SMILES string of the molecule is C=CC(NC(=O)[C@@H]1NC(=O)[C@H](CC(N)=O)NC(=O)[C@@H](NC(=O)C(=O)[C@H](C)CC)Cc2ccc(O)c(c2)-c2cccc3c2NC(=O)[C@@]3(O[Si](CC)(CC)CC)[C@@H]1O[Si](CC)(CC)CC)[Si](CC)(CC)CC. The maximum atomic E-state index is 15.8. The average molecular weight is 1020 g/mol. The van der Waals surface area contributed by atoms with E-state index < -0.39 is 114 Å². The van der Waals surface area contributed by atoms with Crippen LogP contribution in [0, 0.1) is 5.92 Å². The van der Waals surface area contributed by atoms with Crippen molar-refractivity contribution in [3.8, 4) is 16.9 Å². The third-order valence-corrected chi connectivity index (χ3v) is 31.2. The lowest BCUT2D eigenvalue weighted by Gasteiger charge is -2.48. The Morgan fingerprint density at radius 1 is 0.843 bits per heavy atom. The van der Waals surface area contributed by atoms with Crippen LogP contribution in [-0.4, -0.2) is 101 Å². The minimum Gasteiger partial charge on any atom is -0.507 e. The Labute approximate surface area is 418 Å². The first-order valence-electron chi connectivity index (χ1n) is 25.5. The van der Waals surface area contributed by atoms with Crippen molar-refractivity contribution in [1.82, 2.24) is 21.3 Å². The van der Waals surface area contributed by atoms with Gasteiger partial charge in [-0.25, -0.2) is 0 Å². The molecule has 1 unspecified atom stereocenters. The number of hydrogen-bond acceptors (Lipinski definition) is 10. The number of phenolic OH excluding ortho intramolecular Hbond substituents is 1. The minimum absolute atomic E-state index is 0.165. The van der Waals surface area contributed by atoms with Crippen LogP contribution in [0.2, 0.25) is 54.4 Å². The quantitative estimate of drug-likeness (QED) is 0.0347. The Morgan fingerprint density at radius 3 is 1.97 bits per heavy atom. The number of para-hydroxylation sites is 1. The first-order chi connectivity index (χ1) is 33.2. The number of ketones is 1. The molecule has 0 radical (unpaired) electrons. The van der Waals surface area contributed by atoms with Gasteiger partial charge in [0.05, 0.1) is 20.2 Å². The summed E-state index contributed by atoms with van der Waals surface area (Å²) < 4.78 is 15.2. The van der Waals surface area contributed by atoms with Gasteiger partial charge in [0.2, 0.25) is 29.4 Å². The maximum absolute atomic E-state index is 15.8. The molecule has 2 aromatic carbocycles. The number of nitrogens with one attached hydrogen (secondary N) is 5. The van der Waals surface area contributed by atoms with Gasteiger partial charge in [-0.2, -0.15) is 0 Å². The number of aromatic hydroxyl groups is 1. The highest BCUT2D eigenvalue weighted by molar-refractivity contribution is 6.81. The molecule has 16 nitrogen and oxygen atoms in total. The molecule has 70 heavy (non-hydrogen) atoms. The predicted molar refractivity (Wildman–Crippen MR) is 281 cm³/mol. The Balaban J connectivity index is 2.25. The van der Waals surface area contributed by atoms with E-state index in [1.165, 1.54) is 6.07 Å². The Hall–Kier alpha value is -4.96. The molecule has 7 atom stereocenters. The van der Waals surface area contributed by atoms with Crippen LogP contribution in [0.1, 0.15) is 100 Å². The number of hydrogen-bond donors (Lipinski definition) is 7. The van der Waals surface area contributed by atoms with Gasteiger partial charge < -0.3 is 46.3 Å². The topological polar surface area (TPSA) is 244 Å². The second-order valence-corrected chi connectivity index (χ2v) is 34.0. The number of rotatable bonds is 23. The van der Waals surface area contributed by atoms with E-state index in [1.54, 1.807) is 50.3 Å². The van der Waals surface area contributed by atoms with Gasteiger partial charge in [0.1, 0.15) is 30.0 Å². The molecule has 0 aromatic heterocycles. The number of fused-ring (bicyclic) bond motifs is 3. The first-order valence-corrected chi connectivity index (χ1v) is 33.3. The molecule has 2 aromatic rings. The van der Waals surface area contributed by atoms with Crippen LogP contribution in [0.4, 0.5) is 5.69 Å². The highest BCUT2D eigenvalue weighted by Crippen LogP contribution is 2.52. The van der Waals surface area contributed by atoms with E-state index in [2.05, 4.69) is 53.9 Å². The molecule has 0 fully saturated rings. The fourth-order valence-electron chi connectivity index (χ4n) is 10.3. The Kier molecular flexibility index (Phi) is 20.1. The number of phenols is 1. The van der Waals surface area contributed by atoms with Crippen LogP contribution in [-0.2, 0) is 54.4 Å². The third-order valence-electron chi connectivity index (χ3n) is 16.0. The van der Waals surface area contributed by atoms with Crippen LogP contribution < -0.4 is 32.3 Å². The van der Waals surface area contributed by atoms with Crippen molar-refractivity contribution in [1.29, 1.82) is 0 Å². The lowest BCUT2D eigenvalue weighted by molar-refractivity contribution is -0.151. The van der Waals surface area contributed by atoms with Gasteiger partial charge in [0, 0.05) is 34.7 Å². The summed E-state index contributed by atoms with van der Waals surface area (Å²) in [6.07, 6.45) is -0.442. The monoisotopic (exact) mass is 1020 g/mol. The van der Waals surface area contributed by atoms with E-state index in [4.69, 9.17) is 14.6 Å². The summed E-state index contributed by atoms with van der Waals surface area (Å²) in [4.78, 5) is 101. The van der Waals surface area contributed by atoms with Crippen LogP contribution in [0.3, 0.4) is 0 Å². The molecular formula is C51H80N6O10Si3. The summed E-state index contributed by atoms with van der Waals surface area (Å²) in [5, 5.41) is 26.2. The zero-order valence-electron chi connectivity index (χ0n) is 43.4. The summed E-state index contributed by atoms with van der Waals surface area (Å²) in [5.41, 5.74) is 4.93. The molecule has 4 rings (SSSR count). The molecule has 6 bridgehead atoms. The number of nitrogens with two attached hydrogens (primary N) is 1. The number of carbonyl (C=O) groups is 7. The molecule has 2 aliphatic rings. The number of Topliss-reactive ketones (excluding diaryl/α,β-unsaturated/α-hetero) is 1. The Morgan fingerprint density at radius 2 is 1.44 bits per heavy atom. The molecule has 0 aliphatic carbocycles. The van der Waals surface area contributed by atoms with Gasteiger partial charge in [-0.3, -0.25) is 33.6 Å². The second kappa shape index (κ2) is 24.4. The molecule has 0 saturated carbocycles. The van der Waals surface area contributed by atoms with Crippen molar-refractivity contribution in [2.45, 2.75) is 185 Å². The zero-order chi connectivity index (χ0) is 52.4.